The molecule has 1 aromatic heterocycles. The normalized spacial score (nSPS) is 15.5. The Hall–Kier alpha value is -2.20. The molecule has 24 heavy (non-hydrogen) atoms. The van der Waals surface area contributed by atoms with E-state index in [-0.39, 0.29) is 5.91 Å². The van der Waals surface area contributed by atoms with Gasteiger partial charge in [-0.05, 0) is 48.6 Å². The summed E-state index contributed by atoms with van der Waals surface area (Å²) in [5.74, 6) is 0.121. The molecule has 1 aromatic carbocycles. The zero-order chi connectivity index (χ0) is 16.8. The number of nitrogens with one attached hydrogen (secondary N) is 1. The largest absolute Gasteiger partial charge is 0.355 e. The summed E-state index contributed by atoms with van der Waals surface area (Å²) in [5.41, 5.74) is 4.03. The molecule has 1 unspecified atom stereocenters. The van der Waals surface area contributed by atoms with Crippen molar-refractivity contribution in [3.05, 3.63) is 65.5 Å². The zero-order valence-corrected chi connectivity index (χ0v) is 14.2. The lowest BCUT2D eigenvalue weighted by Gasteiger charge is -2.33. The quantitative estimate of drug-likeness (QED) is 0.889. The second kappa shape index (κ2) is 8.06. The van der Waals surface area contributed by atoms with Crippen molar-refractivity contribution in [2.24, 2.45) is 0 Å². The summed E-state index contributed by atoms with van der Waals surface area (Å²) in [6, 6.07) is 12.9. The average Bonchev–Trinajstić information content (AvgIpc) is 2.65. The lowest BCUT2D eigenvalue weighted by atomic mass is 9.99. The van der Waals surface area contributed by atoms with E-state index in [1.165, 1.54) is 11.1 Å². The number of pyridine rings is 1. The molecule has 0 saturated heterocycles. The van der Waals surface area contributed by atoms with Gasteiger partial charge in [0.25, 0.3) is 0 Å². The van der Waals surface area contributed by atoms with E-state index in [4.69, 9.17) is 0 Å². The predicted molar refractivity (Wildman–Crippen MR) is 95.6 cm³/mol. The summed E-state index contributed by atoms with van der Waals surface area (Å²) in [7, 11) is 0. The first kappa shape index (κ1) is 16.7. The van der Waals surface area contributed by atoms with Crippen molar-refractivity contribution in [1.29, 1.82) is 0 Å². The number of aromatic nitrogens is 1. The van der Waals surface area contributed by atoms with Gasteiger partial charge in [-0.3, -0.25) is 14.7 Å². The molecular formula is C20H25N3O. The van der Waals surface area contributed by atoms with Crippen LogP contribution in [-0.2, 0) is 24.2 Å². The molecule has 1 aliphatic rings. The summed E-state index contributed by atoms with van der Waals surface area (Å²) in [6.07, 6.45) is 5.92. The van der Waals surface area contributed by atoms with Gasteiger partial charge < -0.3 is 5.32 Å². The summed E-state index contributed by atoms with van der Waals surface area (Å²) >= 11 is 0. The number of aryl methyl sites for hydroxylation is 1. The van der Waals surface area contributed by atoms with Crippen LogP contribution in [0.2, 0.25) is 0 Å². The van der Waals surface area contributed by atoms with Gasteiger partial charge in [0.15, 0.2) is 0 Å². The minimum absolute atomic E-state index is 0.121. The molecule has 0 spiro atoms. The van der Waals surface area contributed by atoms with Gasteiger partial charge in [0.1, 0.15) is 0 Å². The van der Waals surface area contributed by atoms with Crippen LogP contribution in [0.3, 0.4) is 0 Å². The van der Waals surface area contributed by atoms with Crippen molar-refractivity contribution in [2.75, 3.05) is 13.1 Å². The molecule has 1 N–H and O–H groups in total. The summed E-state index contributed by atoms with van der Waals surface area (Å²) in [6.45, 7) is 4.93. The molecule has 4 heteroatoms. The first-order valence-electron chi connectivity index (χ1n) is 8.69. The molecule has 0 aliphatic carbocycles. The van der Waals surface area contributed by atoms with Crippen LogP contribution in [0.1, 0.15) is 30.0 Å². The van der Waals surface area contributed by atoms with Crippen molar-refractivity contribution in [3.63, 3.8) is 0 Å². The third-order valence-corrected chi connectivity index (χ3v) is 4.77. The Bertz CT molecular complexity index is 672. The maximum absolute atomic E-state index is 12.1. The molecule has 0 fully saturated rings. The number of carbonyl (C=O) groups excluding carboxylic acids is 1. The maximum Gasteiger partial charge on any atom is 0.220 e. The molecule has 2 heterocycles. The number of carbonyl (C=O) groups is 1. The Morgan fingerprint density at radius 2 is 1.96 bits per heavy atom. The lowest BCUT2D eigenvalue weighted by molar-refractivity contribution is -0.121. The van der Waals surface area contributed by atoms with Gasteiger partial charge in [0, 0.05) is 44.5 Å². The van der Waals surface area contributed by atoms with E-state index in [1.54, 1.807) is 12.4 Å². The molecule has 1 aliphatic heterocycles. The Morgan fingerprint density at radius 3 is 2.75 bits per heavy atom. The molecule has 0 radical (unpaired) electrons. The fourth-order valence-corrected chi connectivity index (χ4v) is 3.18. The third kappa shape index (κ3) is 4.42. The minimum Gasteiger partial charge on any atom is -0.355 e. The van der Waals surface area contributed by atoms with Crippen molar-refractivity contribution >= 4 is 5.91 Å². The highest BCUT2D eigenvalue weighted by Crippen LogP contribution is 2.19. The monoisotopic (exact) mass is 323 g/mol. The van der Waals surface area contributed by atoms with Crippen LogP contribution in [0, 0.1) is 0 Å². The van der Waals surface area contributed by atoms with Crippen LogP contribution in [0.25, 0.3) is 0 Å². The van der Waals surface area contributed by atoms with Crippen LogP contribution >= 0.6 is 0 Å². The highest BCUT2D eigenvalue weighted by Gasteiger charge is 2.20. The van der Waals surface area contributed by atoms with E-state index in [0.717, 1.165) is 31.5 Å². The molecule has 1 amide bonds. The van der Waals surface area contributed by atoms with Crippen LogP contribution in [0.4, 0.5) is 0 Å². The van der Waals surface area contributed by atoms with Crippen molar-refractivity contribution in [3.8, 4) is 0 Å². The van der Waals surface area contributed by atoms with E-state index in [2.05, 4.69) is 46.4 Å². The Balaban J connectivity index is 1.42. The highest BCUT2D eigenvalue weighted by molar-refractivity contribution is 5.76. The molecule has 0 saturated carbocycles. The smallest absolute Gasteiger partial charge is 0.220 e. The summed E-state index contributed by atoms with van der Waals surface area (Å²) < 4.78 is 0. The third-order valence-electron chi connectivity index (χ3n) is 4.77. The molecule has 3 rings (SSSR count). The number of hydrogen-bond donors (Lipinski definition) is 1. The molecule has 4 nitrogen and oxygen atoms in total. The zero-order valence-electron chi connectivity index (χ0n) is 14.2. The maximum atomic E-state index is 12.1. The van der Waals surface area contributed by atoms with Gasteiger partial charge in [-0.1, -0.05) is 24.3 Å². The highest BCUT2D eigenvalue weighted by atomic mass is 16.1. The Morgan fingerprint density at radius 1 is 1.21 bits per heavy atom. The van der Waals surface area contributed by atoms with Crippen molar-refractivity contribution < 1.29 is 4.79 Å². The minimum atomic E-state index is 0.121. The number of benzene rings is 1. The predicted octanol–water partition coefficient (Wildman–Crippen LogP) is 2.58. The second-order valence-electron chi connectivity index (χ2n) is 6.50. The average molecular weight is 323 g/mol. The first-order chi connectivity index (χ1) is 11.7. The molecule has 126 valence electrons. The Labute approximate surface area is 143 Å². The molecule has 1 atom stereocenters. The van der Waals surface area contributed by atoms with Gasteiger partial charge in [0.05, 0.1) is 0 Å². The van der Waals surface area contributed by atoms with Gasteiger partial charge in [-0.15, -0.1) is 0 Å². The van der Waals surface area contributed by atoms with E-state index < -0.39 is 0 Å². The van der Waals surface area contributed by atoms with Gasteiger partial charge >= 0.3 is 0 Å². The van der Waals surface area contributed by atoms with E-state index >= 15 is 0 Å². The molecule has 2 aromatic rings. The molecule has 0 bridgehead atoms. The molecular weight excluding hydrogens is 298 g/mol. The lowest BCUT2D eigenvalue weighted by Crippen LogP contribution is -2.44. The summed E-state index contributed by atoms with van der Waals surface area (Å²) in [5, 5.41) is 3.08. The Kier molecular flexibility index (Phi) is 5.59. The van der Waals surface area contributed by atoms with Crippen LogP contribution in [0.15, 0.2) is 48.8 Å². The first-order valence-corrected chi connectivity index (χ1v) is 8.69. The van der Waals surface area contributed by atoms with Crippen LogP contribution in [0.5, 0.6) is 0 Å². The SMILES string of the molecule is CC(CNC(=O)CCc1ccncc1)N1CCc2ccccc2C1. The van der Waals surface area contributed by atoms with Crippen LogP contribution in [-0.4, -0.2) is 34.9 Å². The van der Waals surface area contributed by atoms with E-state index in [0.29, 0.717) is 19.0 Å². The van der Waals surface area contributed by atoms with Gasteiger partial charge in [0.2, 0.25) is 5.91 Å². The number of rotatable bonds is 6. The van der Waals surface area contributed by atoms with Crippen molar-refractivity contribution in [1.82, 2.24) is 15.2 Å². The standard InChI is InChI=1S/C20H25N3O/c1-16(23-13-10-18-4-2-3-5-19(18)15-23)14-22-20(24)7-6-17-8-11-21-12-9-17/h2-5,8-9,11-12,16H,6-7,10,13-15H2,1H3,(H,22,24). The number of amides is 1. The van der Waals surface area contributed by atoms with Gasteiger partial charge in [-0.2, -0.15) is 0 Å². The fourth-order valence-electron chi connectivity index (χ4n) is 3.18. The van der Waals surface area contributed by atoms with Gasteiger partial charge in [-0.25, -0.2) is 0 Å². The topological polar surface area (TPSA) is 45.2 Å². The van der Waals surface area contributed by atoms with E-state index in [1.807, 2.05) is 12.1 Å². The fraction of sp³-hybridized carbons (Fsp3) is 0.400. The number of nitrogens with zero attached hydrogens (tertiary/aromatic N) is 2. The van der Waals surface area contributed by atoms with Crippen LogP contribution < -0.4 is 5.32 Å². The second-order valence-corrected chi connectivity index (χ2v) is 6.50. The number of fused-ring (bicyclic) bond motifs is 1. The van der Waals surface area contributed by atoms with E-state index in [9.17, 15) is 4.79 Å². The number of hydrogen-bond acceptors (Lipinski definition) is 3. The summed E-state index contributed by atoms with van der Waals surface area (Å²) in [4.78, 5) is 18.5. The van der Waals surface area contributed by atoms with Crippen molar-refractivity contribution in [2.45, 2.75) is 38.8 Å².